The van der Waals surface area contributed by atoms with E-state index in [4.69, 9.17) is 4.74 Å². The number of para-hydroxylation sites is 2. The molecule has 0 bridgehead atoms. The third-order valence-corrected chi connectivity index (χ3v) is 2.86. The van der Waals surface area contributed by atoms with Crippen LogP contribution in [-0.4, -0.2) is 17.0 Å². The number of fused-ring (bicyclic) bond motifs is 1. The molecule has 2 N–H and O–H groups in total. The Hall–Kier alpha value is -2.33. The molecule has 0 spiro atoms. The summed E-state index contributed by atoms with van der Waals surface area (Å²) >= 11 is 0. The van der Waals surface area contributed by atoms with Crippen LogP contribution in [0.5, 0.6) is 11.8 Å². The second kappa shape index (κ2) is 5.12. The smallest absolute Gasteiger partial charge is 0.300 e. The summed E-state index contributed by atoms with van der Waals surface area (Å²) in [7, 11) is 1.92. The number of ether oxygens (including phenoxy) is 1. The summed E-state index contributed by atoms with van der Waals surface area (Å²) in [5.41, 5.74) is 3.06. The third kappa shape index (κ3) is 2.58. The number of aromatic nitrogens is 2. The van der Waals surface area contributed by atoms with Gasteiger partial charge in [-0.1, -0.05) is 24.3 Å². The van der Waals surface area contributed by atoms with Crippen LogP contribution in [-0.2, 0) is 6.54 Å². The van der Waals surface area contributed by atoms with Crippen LogP contribution in [0.4, 0.5) is 0 Å². The molecule has 0 aliphatic rings. The van der Waals surface area contributed by atoms with Crippen molar-refractivity contribution in [2.24, 2.45) is 0 Å². The van der Waals surface area contributed by atoms with Crippen molar-refractivity contribution < 1.29 is 4.74 Å². The monoisotopic (exact) mass is 253 g/mol. The molecule has 0 amide bonds. The molecule has 4 heteroatoms. The topological polar surface area (TPSA) is 49.9 Å². The number of H-pyrrole nitrogens is 1. The van der Waals surface area contributed by atoms with Crippen LogP contribution in [0.15, 0.2) is 48.5 Å². The van der Waals surface area contributed by atoms with E-state index in [9.17, 15) is 0 Å². The van der Waals surface area contributed by atoms with E-state index in [0.717, 1.165) is 23.3 Å². The standard InChI is InChI=1S/C15H15N3O/c1-16-10-11-5-4-6-12(9-11)19-15-17-13-7-2-3-8-14(13)18-15/h2-9,16H,10H2,1H3,(H,17,18). The minimum absolute atomic E-state index is 0.516. The number of hydrogen-bond donors (Lipinski definition) is 2. The van der Waals surface area contributed by atoms with Crippen molar-refractivity contribution in [1.29, 1.82) is 0 Å². The fourth-order valence-electron chi connectivity index (χ4n) is 2.01. The van der Waals surface area contributed by atoms with Gasteiger partial charge < -0.3 is 15.0 Å². The van der Waals surface area contributed by atoms with Crippen molar-refractivity contribution in [3.8, 4) is 11.8 Å². The average Bonchev–Trinajstić information content (AvgIpc) is 2.81. The Morgan fingerprint density at radius 3 is 2.89 bits per heavy atom. The Balaban J connectivity index is 1.85. The van der Waals surface area contributed by atoms with Gasteiger partial charge in [0.2, 0.25) is 0 Å². The summed E-state index contributed by atoms with van der Waals surface area (Å²) in [4.78, 5) is 7.54. The Morgan fingerprint density at radius 1 is 1.16 bits per heavy atom. The maximum absolute atomic E-state index is 5.76. The zero-order chi connectivity index (χ0) is 13.1. The van der Waals surface area contributed by atoms with E-state index < -0.39 is 0 Å². The van der Waals surface area contributed by atoms with Crippen molar-refractivity contribution in [3.05, 3.63) is 54.1 Å². The average molecular weight is 253 g/mol. The first kappa shape index (κ1) is 11.7. The van der Waals surface area contributed by atoms with Crippen molar-refractivity contribution in [3.63, 3.8) is 0 Å². The van der Waals surface area contributed by atoms with E-state index in [2.05, 4.69) is 21.4 Å². The molecule has 0 atom stereocenters. The lowest BCUT2D eigenvalue weighted by molar-refractivity contribution is 0.448. The number of rotatable bonds is 4. The van der Waals surface area contributed by atoms with Gasteiger partial charge in [0.1, 0.15) is 5.75 Å². The van der Waals surface area contributed by atoms with E-state index in [0.29, 0.717) is 6.01 Å². The van der Waals surface area contributed by atoms with Gasteiger partial charge in [0.15, 0.2) is 0 Å². The summed E-state index contributed by atoms with van der Waals surface area (Å²) < 4.78 is 5.76. The largest absolute Gasteiger partial charge is 0.426 e. The highest BCUT2D eigenvalue weighted by atomic mass is 16.5. The van der Waals surface area contributed by atoms with Gasteiger partial charge in [-0.15, -0.1) is 0 Å². The molecule has 0 aliphatic heterocycles. The Labute approximate surface area is 111 Å². The molecule has 19 heavy (non-hydrogen) atoms. The molecule has 0 fully saturated rings. The normalized spacial score (nSPS) is 10.8. The van der Waals surface area contributed by atoms with Crippen molar-refractivity contribution in [1.82, 2.24) is 15.3 Å². The van der Waals surface area contributed by atoms with Gasteiger partial charge in [-0.3, -0.25) is 0 Å². The first-order chi connectivity index (χ1) is 9.35. The van der Waals surface area contributed by atoms with Gasteiger partial charge in [0.05, 0.1) is 11.0 Å². The van der Waals surface area contributed by atoms with Gasteiger partial charge >= 0.3 is 0 Å². The predicted octanol–water partition coefficient (Wildman–Crippen LogP) is 3.07. The number of benzene rings is 2. The summed E-state index contributed by atoms with van der Waals surface area (Å²) in [6.45, 7) is 0.817. The number of nitrogens with zero attached hydrogens (tertiary/aromatic N) is 1. The second-order valence-corrected chi connectivity index (χ2v) is 4.34. The van der Waals surface area contributed by atoms with E-state index in [1.807, 2.05) is 49.5 Å². The minimum atomic E-state index is 0.516. The molecular formula is C15H15N3O. The predicted molar refractivity (Wildman–Crippen MR) is 75.4 cm³/mol. The fraction of sp³-hybridized carbons (Fsp3) is 0.133. The Bertz CT molecular complexity index is 657. The Morgan fingerprint density at radius 2 is 2.05 bits per heavy atom. The number of nitrogens with one attached hydrogen (secondary N) is 2. The molecule has 96 valence electrons. The molecule has 3 rings (SSSR count). The van der Waals surface area contributed by atoms with Crippen LogP contribution in [0.2, 0.25) is 0 Å². The number of imidazole rings is 1. The minimum Gasteiger partial charge on any atom is -0.426 e. The molecule has 1 aromatic heterocycles. The van der Waals surface area contributed by atoms with Gasteiger partial charge in [0, 0.05) is 6.54 Å². The number of hydrogen-bond acceptors (Lipinski definition) is 3. The van der Waals surface area contributed by atoms with Gasteiger partial charge in [0.25, 0.3) is 6.01 Å². The van der Waals surface area contributed by atoms with Crippen LogP contribution >= 0.6 is 0 Å². The highest BCUT2D eigenvalue weighted by Crippen LogP contribution is 2.22. The van der Waals surface area contributed by atoms with E-state index in [1.165, 1.54) is 5.56 Å². The second-order valence-electron chi connectivity index (χ2n) is 4.34. The zero-order valence-corrected chi connectivity index (χ0v) is 10.7. The lowest BCUT2D eigenvalue weighted by Crippen LogP contribution is -2.04. The molecule has 0 saturated heterocycles. The molecule has 0 radical (unpaired) electrons. The van der Waals surface area contributed by atoms with Gasteiger partial charge in [-0.05, 0) is 36.9 Å². The van der Waals surface area contributed by atoms with E-state index in [-0.39, 0.29) is 0 Å². The van der Waals surface area contributed by atoms with Crippen molar-refractivity contribution >= 4 is 11.0 Å². The van der Waals surface area contributed by atoms with Crippen LogP contribution in [0, 0.1) is 0 Å². The lowest BCUT2D eigenvalue weighted by Gasteiger charge is -2.04. The first-order valence-electron chi connectivity index (χ1n) is 6.21. The maximum atomic E-state index is 5.76. The molecule has 3 aromatic rings. The first-order valence-corrected chi connectivity index (χ1v) is 6.21. The van der Waals surface area contributed by atoms with Crippen LogP contribution in [0.3, 0.4) is 0 Å². The summed E-state index contributed by atoms with van der Waals surface area (Å²) in [6.07, 6.45) is 0. The van der Waals surface area contributed by atoms with Gasteiger partial charge in [-0.25, -0.2) is 0 Å². The van der Waals surface area contributed by atoms with Crippen molar-refractivity contribution in [2.45, 2.75) is 6.54 Å². The number of aromatic amines is 1. The molecule has 1 heterocycles. The highest BCUT2D eigenvalue weighted by molar-refractivity contribution is 5.75. The molecule has 0 unspecified atom stereocenters. The lowest BCUT2D eigenvalue weighted by atomic mass is 10.2. The molecule has 4 nitrogen and oxygen atoms in total. The summed E-state index contributed by atoms with van der Waals surface area (Å²) in [5, 5.41) is 3.12. The van der Waals surface area contributed by atoms with Crippen LogP contribution < -0.4 is 10.1 Å². The Kier molecular flexibility index (Phi) is 3.16. The summed E-state index contributed by atoms with van der Waals surface area (Å²) in [5.74, 6) is 0.784. The molecule has 0 aliphatic carbocycles. The zero-order valence-electron chi connectivity index (χ0n) is 10.7. The van der Waals surface area contributed by atoms with E-state index >= 15 is 0 Å². The molecule has 2 aromatic carbocycles. The van der Waals surface area contributed by atoms with Crippen LogP contribution in [0.1, 0.15) is 5.56 Å². The summed E-state index contributed by atoms with van der Waals surface area (Å²) in [6, 6.07) is 16.3. The van der Waals surface area contributed by atoms with Crippen molar-refractivity contribution in [2.75, 3.05) is 7.05 Å². The quantitative estimate of drug-likeness (QED) is 0.751. The van der Waals surface area contributed by atoms with Crippen LogP contribution in [0.25, 0.3) is 11.0 Å². The third-order valence-electron chi connectivity index (χ3n) is 2.86. The molecular weight excluding hydrogens is 238 g/mol. The maximum Gasteiger partial charge on any atom is 0.300 e. The van der Waals surface area contributed by atoms with E-state index in [1.54, 1.807) is 0 Å². The highest BCUT2D eigenvalue weighted by Gasteiger charge is 2.04. The fourth-order valence-corrected chi connectivity index (χ4v) is 2.01. The van der Waals surface area contributed by atoms with Gasteiger partial charge in [-0.2, -0.15) is 4.98 Å². The SMILES string of the molecule is CNCc1cccc(Oc2nc3ccccc3[nH]2)c1. The molecule has 0 saturated carbocycles.